The molecule has 1 aromatic carbocycles. The summed E-state index contributed by atoms with van der Waals surface area (Å²) < 4.78 is 0. The van der Waals surface area contributed by atoms with Gasteiger partial charge in [-0.05, 0) is 37.8 Å². The zero-order chi connectivity index (χ0) is 15.9. The van der Waals surface area contributed by atoms with Gasteiger partial charge in [-0.3, -0.25) is 9.59 Å². The summed E-state index contributed by atoms with van der Waals surface area (Å²) in [4.78, 5) is 23.9. The van der Waals surface area contributed by atoms with E-state index in [0.717, 1.165) is 12.0 Å². The second-order valence-electron chi connectivity index (χ2n) is 6.31. The van der Waals surface area contributed by atoms with E-state index in [1.807, 2.05) is 25.1 Å². The van der Waals surface area contributed by atoms with Crippen molar-refractivity contribution in [3.8, 4) is 0 Å². The molecule has 0 spiro atoms. The van der Waals surface area contributed by atoms with E-state index in [-0.39, 0.29) is 11.8 Å². The summed E-state index contributed by atoms with van der Waals surface area (Å²) in [6.45, 7) is 4.53. The van der Waals surface area contributed by atoms with Crippen LogP contribution in [0.15, 0.2) is 24.3 Å². The van der Waals surface area contributed by atoms with Crippen LogP contribution in [0.3, 0.4) is 0 Å². The molecule has 0 bridgehead atoms. The molecule has 1 aliphatic rings. The van der Waals surface area contributed by atoms with Gasteiger partial charge >= 0.3 is 0 Å². The van der Waals surface area contributed by atoms with Gasteiger partial charge in [-0.15, -0.1) is 0 Å². The molecule has 4 nitrogen and oxygen atoms in total. The van der Waals surface area contributed by atoms with Crippen LogP contribution in [0, 0.1) is 12.8 Å². The number of hydrogen-bond donors (Lipinski definition) is 2. The van der Waals surface area contributed by atoms with E-state index in [4.69, 9.17) is 0 Å². The van der Waals surface area contributed by atoms with Crippen molar-refractivity contribution in [1.82, 2.24) is 10.6 Å². The fraction of sp³-hybridized carbons (Fsp3) is 0.556. The Bertz CT molecular complexity index is 528. The number of amides is 2. The average molecular weight is 302 g/mol. The van der Waals surface area contributed by atoms with Crippen molar-refractivity contribution in [2.24, 2.45) is 5.92 Å². The SMILES string of the molecule is Cc1cccc(C(=O)NCCC(=O)N[C@@H]2CCCC[C@H]2C)c1. The van der Waals surface area contributed by atoms with Crippen LogP contribution in [0.5, 0.6) is 0 Å². The van der Waals surface area contributed by atoms with Crippen molar-refractivity contribution in [3.05, 3.63) is 35.4 Å². The van der Waals surface area contributed by atoms with Gasteiger partial charge in [0.2, 0.25) is 5.91 Å². The summed E-state index contributed by atoms with van der Waals surface area (Å²) in [6, 6.07) is 7.75. The molecule has 4 heteroatoms. The first-order chi connectivity index (χ1) is 10.6. The summed E-state index contributed by atoms with van der Waals surface area (Å²) >= 11 is 0. The molecule has 1 aromatic rings. The van der Waals surface area contributed by atoms with Crippen molar-refractivity contribution in [2.45, 2.75) is 52.0 Å². The maximum absolute atomic E-state index is 12.0. The maximum atomic E-state index is 12.0. The summed E-state index contributed by atoms with van der Waals surface area (Å²) in [6.07, 6.45) is 5.05. The molecule has 120 valence electrons. The molecule has 0 aromatic heterocycles. The molecule has 1 saturated carbocycles. The Morgan fingerprint density at radius 1 is 1.23 bits per heavy atom. The van der Waals surface area contributed by atoms with Crippen LogP contribution in [0.4, 0.5) is 0 Å². The molecule has 0 unspecified atom stereocenters. The van der Waals surface area contributed by atoms with Crippen molar-refractivity contribution in [1.29, 1.82) is 0 Å². The van der Waals surface area contributed by atoms with Crippen LogP contribution in [-0.4, -0.2) is 24.4 Å². The maximum Gasteiger partial charge on any atom is 0.251 e. The number of carbonyl (C=O) groups excluding carboxylic acids is 2. The molecular formula is C18H26N2O2. The van der Waals surface area contributed by atoms with Gasteiger partial charge < -0.3 is 10.6 Å². The second-order valence-corrected chi connectivity index (χ2v) is 6.31. The first kappa shape index (κ1) is 16.5. The van der Waals surface area contributed by atoms with Crippen LogP contribution in [0.25, 0.3) is 0 Å². The molecule has 0 heterocycles. The van der Waals surface area contributed by atoms with E-state index < -0.39 is 0 Å². The number of benzene rings is 1. The highest BCUT2D eigenvalue weighted by Crippen LogP contribution is 2.23. The lowest BCUT2D eigenvalue weighted by Gasteiger charge is -2.29. The van der Waals surface area contributed by atoms with E-state index in [1.54, 1.807) is 6.07 Å². The van der Waals surface area contributed by atoms with Crippen molar-refractivity contribution < 1.29 is 9.59 Å². The summed E-state index contributed by atoms with van der Waals surface area (Å²) in [5, 5.41) is 5.91. The van der Waals surface area contributed by atoms with E-state index in [1.165, 1.54) is 19.3 Å². The first-order valence-corrected chi connectivity index (χ1v) is 8.20. The van der Waals surface area contributed by atoms with Crippen molar-refractivity contribution in [3.63, 3.8) is 0 Å². The van der Waals surface area contributed by atoms with Crippen LogP contribution in [0.2, 0.25) is 0 Å². The zero-order valence-corrected chi connectivity index (χ0v) is 13.5. The predicted molar refractivity (Wildman–Crippen MR) is 87.7 cm³/mol. The fourth-order valence-electron chi connectivity index (χ4n) is 2.99. The molecule has 2 rings (SSSR count). The minimum absolute atomic E-state index is 0.0308. The van der Waals surface area contributed by atoms with Gasteiger partial charge in [0.15, 0.2) is 0 Å². The lowest BCUT2D eigenvalue weighted by atomic mass is 9.86. The van der Waals surface area contributed by atoms with E-state index in [9.17, 15) is 9.59 Å². The molecule has 0 aliphatic heterocycles. The zero-order valence-electron chi connectivity index (χ0n) is 13.5. The molecule has 1 aliphatic carbocycles. The van der Waals surface area contributed by atoms with Gasteiger partial charge in [-0.25, -0.2) is 0 Å². The monoisotopic (exact) mass is 302 g/mol. The van der Waals surface area contributed by atoms with Crippen molar-refractivity contribution in [2.75, 3.05) is 6.54 Å². The van der Waals surface area contributed by atoms with E-state index in [0.29, 0.717) is 30.5 Å². The van der Waals surface area contributed by atoms with Gasteiger partial charge in [-0.1, -0.05) is 37.5 Å². The summed E-state index contributed by atoms with van der Waals surface area (Å²) in [7, 11) is 0. The Kier molecular flexibility index (Phi) is 5.99. The lowest BCUT2D eigenvalue weighted by Crippen LogP contribution is -2.42. The standard InChI is InChI=1S/C18H26N2O2/c1-13-6-5-8-15(12-13)18(22)19-11-10-17(21)20-16-9-4-3-7-14(16)2/h5-6,8,12,14,16H,3-4,7,9-11H2,1-2H3,(H,19,22)(H,20,21)/t14-,16-/m1/s1. The van der Waals surface area contributed by atoms with Gasteiger partial charge in [0.25, 0.3) is 5.91 Å². The minimum Gasteiger partial charge on any atom is -0.353 e. The van der Waals surface area contributed by atoms with Gasteiger partial charge in [-0.2, -0.15) is 0 Å². The van der Waals surface area contributed by atoms with Crippen LogP contribution in [-0.2, 0) is 4.79 Å². The van der Waals surface area contributed by atoms with Crippen LogP contribution in [0.1, 0.15) is 54.9 Å². The third-order valence-electron chi connectivity index (χ3n) is 4.38. The highest BCUT2D eigenvalue weighted by Gasteiger charge is 2.22. The third-order valence-corrected chi connectivity index (χ3v) is 4.38. The smallest absolute Gasteiger partial charge is 0.251 e. The molecule has 0 radical (unpaired) electrons. The Morgan fingerprint density at radius 3 is 2.73 bits per heavy atom. The summed E-state index contributed by atoms with van der Waals surface area (Å²) in [5.41, 5.74) is 1.69. The molecule has 2 atom stereocenters. The molecule has 2 N–H and O–H groups in total. The number of aryl methyl sites for hydroxylation is 1. The number of hydrogen-bond acceptors (Lipinski definition) is 2. The first-order valence-electron chi connectivity index (χ1n) is 8.20. The predicted octanol–water partition coefficient (Wildman–Crippen LogP) is 2.81. The fourth-order valence-corrected chi connectivity index (χ4v) is 2.99. The van der Waals surface area contributed by atoms with E-state index >= 15 is 0 Å². The Morgan fingerprint density at radius 2 is 2.00 bits per heavy atom. The van der Waals surface area contributed by atoms with Crippen LogP contribution < -0.4 is 10.6 Å². The Hall–Kier alpha value is -1.84. The molecule has 22 heavy (non-hydrogen) atoms. The highest BCUT2D eigenvalue weighted by atomic mass is 16.2. The van der Waals surface area contributed by atoms with Gasteiger partial charge in [0, 0.05) is 24.6 Å². The summed E-state index contributed by atoms with van der Waals surface area (Å²) in [5.74, 6) is 0.463. The topological polar surface area (TPSA) is 58.2 Å². The van der Waals surface area contributed by atoms with Gasteiger partial charge in [0.05, 0.1) is 0 Å². The van der Waals surface area contributed by atoms with Gasteiger partial charge in [0.1, 0.15) is 0 Å². The average Bonchev–Trinajstić information content (AvgIpc) is 2.49. The molecule has 2 amide bonds. The minimum atomic E-state index is -0.123. The van der Waals surface area contributed by atoms with E-state index in [2.05, 4.69) is 17.6 Å². The largest absolute Gasteiger partial charge is 0.353 e. The number of rotatable bonds is 5. The third kappa shape index (κ3) is 4.86. The molecular weight excluding hydrogens is 276 g/mol. The Balaban J connectivity index is 1.71. The number of nitrogens with one attached hydrogen (secondary N) is 2. The lowest BCUT2D eigenvalue weighted by molar-refractivity contribution is -0.122. The Labute approximate surface area is 132 Å². The second kappa shape index (κ2) is 7.97. The molecule has 1 fully saturated rings. The van der Waals surface area contributed by atoms with Crippen molar-refractivity contribution >= 4 is 11.8 Å². The molecule has 0 saturated heterocycles. The quantitative estimate of drug-likeness (QED) is 0.878. The highest BCUT2D eigenvalue weighted by molar-refractivity contribution is 5.94. The normalized spacial score (nSPS) is 21.2. The number of carbonyl (C=O) groups is 2. The van der Waals surface area contributed by atoms with Crippen LogP contribution >= 0.6 is 0 Å².